The van der Waals surface area contributed by atoms with Gasteiger partial charge < -0.3 is 10.2 Å². The maximum Gasteiger partial charge on any atom is 0.249 e. The second-order valence-electron chi connectivity index (χ2n) is 5.76. The molecule has 1 atom stereocenters. The molecule has 0 radical (unpaired) electrons. The third kappa shape index (κ3) is 2.32. The molecular formula is C14H19N3O2S. The molecule has 1 aromatic rings. The first kappa shape index (κ1) is 13.5. The molecule has 6 heteroatoms. The number of piperazine rings is 1. The average molecular weight is 293 g/mol. The molecule has 0 aromatic carbocycles. The lowest BCUT2D eigenvalue weighted by Crippen LogP contribution is -2.66. The van der Waals surface area contributed by atoms with Gasteiger partial charge in [-0.3, -0.25) is 9.59 Å². The van der Waals surface area contributed by atoms with Gasteiger partial charge in [-0.2, -0.15) is 0 Å². The van der Waals surface area contributed by atoms with E-state index in [1.807, 2.05) is 13.1 Å². The molecule has 1 N–H and O–H groups in total. The second-order valence-corrected chi connectivity index (χ2v) is 6.96. The molecule has 20 heavy (non-hydrogen) atoms. The van der Waals surface area contributed by atoms with Crippen molar-refractivity contribution < 1.29 is 9.59 Å². The van der Waals surface area contributed by atoms with Gasteiger partial charge in [0.15, 0.2) is 0 Å². The van der Waals surface area contributed by atoms with E-state index in [-0.39, 0.29) is 18.4 Å². The van der Waals surface area contributed by atoms with Crippen molar-refractivity contribution in [3.63, 3.8) is 0 Å². The van der Waals surface area contributed by atoms with E-state index in [9.17, 15) is 9.59 Å². The van der Waals surface area contributed by atoms with Gasteiger partial charge >= 0.3 is 0 Å². The van der Waals surface area contributed by atoms with Crippen molar-refractivity contribution in [2.24, 2.45) is 5.92 Å². The summed E-state index contributed by atoms with van der Waals surface area (Å²) < 4.78 is 0. The highest BCUT2D eigenvalue weighted by Crippen LogP contribution is 2.41. The lowest BCUT2D eigenvalue weighted by atomic mass is 9.91. The summed E-state index contributed by atoms with van der Waals surface area (Å²) in [5, 5.41) is 3.80. The zero-order chi connectivity index (χ0) is 14.3. The number of nitrogens with zero attached hydrogens (tertiary/aromatic N) is 2. The van der Waals surface area contributed by atoms with E-state index in [2.05, 4.69) is 17.2 Å². The number of thiazole rings is 1. The molecule has 3 rings (SSSR count). The highest BCUT2D eigenvalue weighted by atomic mass is 32.1. The first-order valence-electron chi connectivity index (χ1n) is 7.07. The predicted octanol–water partition coefficient (Wildman–Crippen LogP) is 1.33. The molecule has 1 unspecified atom stereocenters. The Morgan fingerprint density at radius 3 is 2.85 bits per heavy atom. The minimum atomic E-state index is -0.708. The SMILES string of the molecule is CCc1cnc(CN2CC(=O)NC(C)(C3CC3)C2=O)s1. The van der Waals surface area contributed by atoms with E-state index in [0.29, 0.717) is 12.5 Å². The van der Waals surface area contributed by atoms with Crippen molar-refractivity contribution in [1.29, 1.82) is 0 Å². The number of hydrogen-bond donors (Lipinski definition) is 1. The lowest BCUT2D eigenvalue weighted by molar-refractivity contribution is -0.150. The highest BCUT2D eigenvalue weighted by molar-refractivity contribution is 7.11. The van der Waals surface area contributed by atoms with Gasteiger partial charge in [-0.15, -0.1) is 11.3 Å². The first-order chi connectivity index (χ1) is 9.53. The van der Waals surface area contributed by atoms with Gasteiger partial charge in [-0.1, -0.05) is 6.92 Å². The van der Waals surface area contributed by atoms with Crippen LogP contribution in [-0.2, 0) is 22.6 Å². The van der Waals surface area contributed by atoms with Crippen LogP contribution in [0.3, 0.4) is 0 Å². The smallest absolute Gasteiger partial charge is 0.249 e. The quantitative estimate of drug-likeness (QED) is 0.911. The minimum Gasteiger partial charge on any atom is -0.340 e. The summed E-state index contributed by atoms with van der Waals surface area (Å²) in [6.45, 7) is 4.53. The number of nitrogens with one attached hydrogen (secondary N) is 1. The molecule has 1 aliphatic heterocycles. The van der Waals surface area contributed by atoms with Gasteiger partial charge in [0, 0.05) is 11.1 Å². The Hall–Kier alpha value is -1.43. The third-order valence-corrected chi connectivity index (χ3v) is 5.26. The topological polar surface area (TPSA) is 62.3 Å². The van der Waals surface area contributed by atoms with Gasteiger partial charge in [-0.05, 0) is 32.1 Å². The van der Waals surface area contributed by atoms with Crippen LogP contribution in [0.4, 0.5) is 0 Å². The maximum absolute atomic E-state index is 12.6. The van der Waals surface area contributed by atoms with Gasteiger partial charge in [0.1, 0.15) is 17.1 Å². The summed E-state index contributed by atoms with van der Waals surface area (Å²) in [6.07, 6.45) is 4.85. The van der Waals surface area contributed by atoms with Crippen LogP contribution in [0, 0.1) is 5.92 Å². The molecule has 1 saturated heterocycles. The van der Waals surface area contributed by atoms with E-state index < -0.39 is 5.54 Å². The number of rotatable bonds is 4. The summed E-state index contributed by atoms with van der Waals surface area (Å²) in [7, 11) is 0. The van der Waals surface area contributed by atoms with Crippen LogP contribution in [0.1, 0.15) is 36.6 Å². The van der Waals surface area contributed by atoms with Gasteiger partial charge in [-0.25, -0.2) is 4.98 Å². The molecule has 0 bridgehead atoms. The normalized spacial score (nSPS) is 26.8. The van der Waals surface area contributed by atoms with Crippen LogP contribution in [0.5, 0.6) is 0 Å². The van der Waals surface area contributed by atoms with Crippen LogP contribution in [-0.4, -0.2) is 33.8 Å². The summed E-state index contributed by atoms with van der Waals surface area (Å²) in [6, 6.07) is 0. The molecular weight excluding hydrogens is 274 g/mol. The second kappa shape index (κ2) is 4.84. The highest BCUT2D eigenvalue weighted by Gasteiger charge is 2.52. The molecule has 2 amide bonds. The monoisotopic (exact) mass is 293 g/mol. The zero-order valence-corrected chi connectivity index (χ0v) is 12.6. The van der Waals surface area contributed by atoms with Crippen LogP contribution >= 0.6 is 11.3 Å². The summed E-state index contributed by atoms with van der Waals surface area (Å²) >= 11 is 1.62. The fraction of sp³-hybridized carbons (Fsp3) is 0.643. The Kier molecular flexibility index (Phi) is 3.28. The Bertz CT molecular complexity index is 552. The van der Waals surface area contributed by atoms with Crippen molar-refractivity contribution in [2.45, 2.75) is 45.2 Å². The molecule has 0 spiro atoms. The first-order valence-corrected chi connectivity index (χ1v) is 7.88. The largest absolute Gasteiger partial charge is 0.340 e. The zero-order valence-electron chi connectivity index (χ0n) is 11.8. The van der Waals surface area contributed by atoms with Crippen LogP contribution in [0.2, 0.25) is 0 Å². The van der Waals surface area contributed by atoms with Crippen molar-refractivity contribution in [2.75, 3.05) is 6.54 Å². The molecule has 1 saturated carbocycles. The van der Waals surface area contributed by atoms with Crippen LogP contribution in [0.25, 0.3) is 0 Å². The predicted molar refractivity (Wildman–Crippen MR) is 76.2 cm³/mol. The number of aromatic nitrogens is 1. The number of amides is 2. The Morgan fingerprint density at radius 1 is 1.50 bits per heavy atom. The number of carbonyl (C=O) groups excluding carboxylic acids is 2. The van der Waals surface area contributed by atoms with E-state index in [1.54, 1.807) is 16.2 Å². The van der Waals surface area contributed by atoms with Crippen LogP contribution in [0.15, 0.2) is 6.20 Å². The molecule has 5 nitrogen and oxygen atoms in total. The molecule has 2 aliphatic rings. The fourth-order valence-electron chi connectivity index (χ4n) is 2.77. The lowest BCUT2D eigenvalue weighted by Gasteiger charge is -2.39. The minimum absolute atomic E-state index is 0.0350. The van der Waals surface area contributed by atoms with E-state index in [4.69, 9.17) is 0 Å². The summed E-state index contributed by atoms with van der Waals surface area (Å²) in [5.41, 5.74) is -0.708. The van der Waals surface area contributed by atoms with E-state index >= 15 is 0 Å². The number of hydrogen-bond acceptors (Lipinski definition) is 4. The number of aryl methyl sites for hydroxylation is 1. The standard InChI is InChI=1S/C14H19N3O2S/c1-3-10-6-15-12(20-10)8-17-7-11(18)16-14(2,13(17)19)9-4-5-9/h6,9H,3-5,7-8H2,1-2H3,(H,16,18). The molecule has 1 aromatic heterocycles. The molecule has 108 valence electrons. The fourth-order valence-corrected chi connectivity index (χ4v) is 3.65. The van der Waals surface area contributed by atoms with E-state index in [0.717, 1.165) is 24.3 Å². The van der Waals surface area contributed by atoms with Gasteiger partial charge in [0.2, 0.25) is 11.8 Å². The summed E-state index contributed by atoms with van der Waals surface area (Å²) in [4.78, 5) is 31.7. The Labute approximate surface area is 122 Å². The maximum atomic E-state index is 12.6. The van der Waals surface area contributed by atoms with Crippen molar-refractivity contribution in [3.8, 4) is 0 Å². The van der Waals surface area contributed by atoms with Crippen molar-refractivity contribution >= 4 is 23.2 Å². The summed E-state index contributed by atoms with van der Waals surface area (Å²) in [5.74, 6) is 0.267. The van der Waals surface area contributed by atoms with Crippen molar-refractivity contribution in [1.82, 2.24) is 15.2 Å². The van der Waals surface area contributed by atoms with Gasteiger partial charge in [0.25, 0.3) is 0 Å². The number of carbonyl (C=O) groups is 2. The Morgan fingerprint density at radius 2 is 2.25 bits per heavy atom. The average Bonchev–Trinajstić information content (AvgIpc) is 3.17. The third-order valence-electron chi connectivity index (χ3n) is 4.13. The van der Waals surface area contributed by atoms with Crippen LogP contribution < -0.4 is 5.32 Å². The van der Waals surface area contributed by atoms with Gasteiger partial charge in [0.05, 0.1) is 6.54 Å². The van der Waals surface area contributed by atoms with E-state index in [1.165, 1.54) is 4.88 Å². The molecule has 2 fully saturated rings. The molecule has 2 heterocycles. The van der Waals surface area contributed by atoms with Crippen molar-refractivity contribution in [3.05, 3.63) is 16.1 Å². The Balaban J connectivity index is 1.77. The molecule has 1 aliphatic carbocycles.